The van der Waals surface area contributed by atoms with E-state index in [4.69, 9.17) is 17.3 Å². The first-order valence-corrected chi connectivity index (χ1v) is 6.20. The van der Waals surface area contributed by atoms with Gasteiger partial charge in [0, 0.05) is 25.7 Å². The van der Waals surface area contributed by atoms with E-state index in [1.165, 1.54) is 0 Å². The minimum atomic E-state index is 0.554. The van der Waals surface area contributed by atoms with Crippen molar-refractivity contribution in [2.24, 2.45) is 11.7 Å². The van der Waals surface area contributed by atoms with E-state index >= 15 is 0 Å². The van der Waals surface area contributed by atoms with E-state index < -0.39 is 0 Å². The van der Waals surface area contributed by atoms with E-state index in [9.17, 15) is 0 Å². The van der Waals surface area contributed by atoms with Crippen LogP contribution in [0.25, 0.3) is 11.2 Å². The fourth-order valence-electron chi connectivity index (χ4n) is 1.92. The second kappa shape index (κ2) is 5.02. The fraction of sp³-hybridized carbons (Fsp3) is 0.500. The maximum atomic E-state index is 5.93. The number of imidazole rings is 1. The zero-order chi connectivity index (χ0) is 12.4. The molecule has 0 saturated heterocycles. The van der Waals surface area contributed by atoms with Crippen LogP contribution in [0, 0.1) is 5.92 Å². The SMILES string of the molecule is CC(C)Cc1nc2cc(Cl)cnc2n1CCN. The quantitative estimate of drug-likeness (QED) is 0.908. The zero-order valence-electron chi connectivity index (χ0n) is 10.2. The van der Waals surface area contributed by atoms with Crippen molar-refractivity contribution in [3.8, 4) is 0 Å². The van der Waals surface area contributed by atoms with E-state index in [1.807, 2.05) is 6.07 Å². The highest BCUT2D eigenvalue weighted by molar-refractivity contribution is 6.31. The first kappa shape index (κ1) is 12.3. The Bertz CT molecular complexity index is 518. The lowest BCUT2D eigenvalue weighted by Gasteiger charge is -2.08. The minimum Gasteiger partial charge on any atom is -0.329 e. The molecule has 0 aliphatic carbocycles. The summed E-state index contributed by atoms with van der Waals surface area (Å²) in [6.07, 6.45) is 2.58. The van der Waals surface area contributed by atoms with Gasteiger partial charge in [-0.15, -0.1) is 0 Å². The van der Waals surface area contributed by atoms with Crippen molar-refractivity contribution in [1.29, 1.82) is 0 Å². The van der Waals surface area contributed by atoms with E-state index in [2.05, 4.69) is 28.4 Å². The molecule has 2 aromatic rings. The number of rotatable bonds is 4. The first-order chi connectivity index (χ1) is 8.11. The van der Waals surface area contributed by atoms with Crippen LogP contribution >= 0.6 is 11.6 Å². The van der Waals surface area contributed by atoms with Gasteiger partial charge < -0.3 is 10.3 Å². The number of hydrogen-bond donors (Lipinski definition) is 1. The number of pyridine rings is 1. The number of halogens is 1. The molecule has 92 valence electrons. The molecule has 2 rings (SSSR count). The lowest BCUT2D eigenvalue weighted by Crippen LogP contribution is -2.14. The van der Waals surface area contributed by atoms with Gasteiger partial charge in [-0.05, 0) is 12.0 Å². The number of fused-ring (bicyclic) bond motifs is 1. The smallest absolute Gasteiger partial charge is 0.160 e. The molecular weight excluding hydrogens is 236 g/mol. The van der Waals surface area contributed by atoms with Crippen molar-refractivity contribution < 1.29 is 0 Å². The average molecular weight is 253 g/mol. The highest BCUT2D eigenvalue weighted by atomic mass is 35.5. The van der Waals surface area contributed by atoms with Gasteiger partial charge in [0.25, 0.3) is 0 Å². The van der Waals surface area contributed by atoms with Crippen LogP contribution in [-0.4, -0.2) is 21.1 Å². The third-order valence-electron chi connectivity index (χ3n) is 2.57. The molecule has 0 spiro atoms. The first-order valence-electron chi connectivity index (χ1n) is 5.82. The minimum absolute atomic E-state index is 0.554. The molecule has 0 saturated carbocycles. The molecule has 0 bridgehead atoms. The summed E-state index contributed by atoms with van der Waals surface area (Å²) in [7, 11) is 0. The van der Waals surface area contributed by atoms with Crippen molar-refractivity contribution in [3.05, 3.63) is 23.1 Å². The largest absolute Gasteiger partial charge is 0.329 e. The Hall–Kier alpha value is -1.13. The Kier molecular flexibility index (Phi) is 3.64. The molecule has 4 nitrogen and oxygen atoms in total. The Morgan fingerprint density at radius 3 is 2.88 bits per heavy atom. The zero-order valence-corrected chi connectivity index (χ0v) is 10.9. The summed E-state index contributed by atoms with van der Waals surface area (Å²) in [4.78, 5) is 8.93. The highest BCUT2D eigenvalue weighted by Gasteiger charge is 2.12. The summed E-state index contributed by atoms with van der Waals surface area (Å²) in [5, 5.41) is 0.617. The van der Waals surface area contributed by atoms with Gasteiger partial charge in [-0.25, -0.2) is 9.97 Å². The van der Waals surface area contributed by atoms with Crippen LogP contribution in [0.2, 0.25) is 5.02 Å². The summed E-state index contributed by atoms with van der Waals surface area (Å²) in [6.45, 7) is 5.67. The maximum Gasteiger partial charge on any atom is 0.160 e. The Morgan fingerprint density at radius 1 is 1.47 bits per heavy atom. The summed E-state index contributed by atoms with van der Waals surface area (Å²) in [5.74, 6) is 1.59. The van der Waals surface area contributed by atoms with Crippen LogP contribution in [0.3, 0.4) is 0 Å². The van der Waals surface area contributed by atoms with Crippen molar-refractivity contribution in [3.63, 3.8) is 0 Å². The molecule has 2 N–H and O–H groups in total. The van der Waals surface area contributed by atoms with Gasteiger partial charge in [0.15, 0.2) is 5.65 Å². The molecular formula is C12H17ClN4. The van der Waals surface area contributed by atoms with Gasteiger partial charge in [0.05, 0.1) is 5.02 Å². The number of nitrogens with two attached hydrogens (primary N) is 1. The van der Waals surface area contributed by atoms with Gasteiger partial charge >= 0.3 is 0 Å². The molecule has 0 atom stereocenters. The molecule has 2 heterocycles. The summed E-state index contributed by atoms with van der Waals surface area (Å²) >= 11 is 5.93. The average Bonchev–Trinajstić information content (AvgIpc) is 2.55. The monoisotopic (exact) mass is 252 g/mol. The Balaban J connectivity index is 2.53. The predicted molar refractivity (Wildman–Crippen MR) is 70.1 cm³/mol. The highest BCUT2D eigenvalue weighted by Crippen LogP contribution is 2.19. The molecule has 0 aliphatic heterocycles. The Morgan fingerprint density at radius 2 is 2.24 bits per heavy atom. The molecule has 0 amide bonds. The van der Waals surface area contributed by atoms with E-state index in [1.54, 1.807) is 6.20 Å². The van der Waals surface area contributed by atoms with Crippen molar-refractivity contribution in [2.75, 3.05) is 6.54 Å². The molecule has 2 aromatic heterocycles. The Labute approximate surface area is 106 Å². The van der Waals surface area contributed by atoms with Crippen LogP contribution in [-0.2, 0) is 13.0 Å². The van der Waals surface area contributed by atoms with E-state index in [0.717, 1.165) is 30.0 Å². The number of nitrogens with zero attached hydrogens (tertiary/aromatic N) is 3. The summed E-state index contributed by atoms with van der Waals surface area (Å²) in [6, 6.07) is 1.85. The predicted octanol–water partition coefficient (Wildman–Crippen LogP) is 2.24. The molecule has 0 unspecified atom stereocenters. The molecule has 17 heavy (non-hydrogen) atoms. The standard InChI is InChI=1S/C12H17ClN4/c1-8(2)5-11-16-10-6-9(13)7-15-12(10)17(11)4-3-14/h6-8H,3-5,14H2,1-2H3. The third-order valence-corrected chi connectivity index (χ3v) is 2.78. The fourth-order valence-corrected chi connectivity index (χ4v) is 2.07. The van der Waals surface area contributed by atoms with Gasteiger partial charge in [-0.1, -0.05) is 25.4 Å². The van der Waals surface area contributed by atoms with Gasteiger partial charge in [-0.2, -0.15) is 0 Å². The third kappa shape index (κ3) is 2.58. The number of aromatic nitrogens is 3. The summed E-state index contributed by atoms with van der Waals surface area (Å²) < 4.78 is 2.09. The maximum absolute atomic E-state index is 5.93. The topological polar surface area (TPSA) is 56.7 Å². The van der Waals surface area contributed by atoms with Crippen LogP contribution in [0.4, 0.5) is 0 Å². The van der Waals surface area contributed by atoms with Crippen LogP contribution in [0.15, 0.2) is 12.3 Å². The summed E-state index contributed by atoms with van der Waals surface area (Å²) in [5.41, 5.74) is 7.36. The van der Waals surface area contributed by atoms with Crippen LogP contribution in [0.5, 0.6) is 0 Å². The van der Waals surface area contributed by atoms with Crippen LogP contribution in [0.1, 0.15) is 19.7 Å². The molecule has 0 aliphatic rings. The second-order valence-corrected chi connectivity index (χ2v) is 5.00. The lowest BCUT2D eigenvalue weighted by molar-refractivity contribution is 0.580. The number of hydrogen-bond acceptors (Lipinski definition) is 3. The molecule has 0 aromatic carbocycles. The molecule has 0 radical (unpaired) electrons. The molecule has 0 fully saturated rings. The van der Waals surface area contributed by atoms with Gasteiger partial charge in [-0.3, -0.25) is 0 Å². The van der Waals surface area contributed by atoms with Gasteiger partial charge in [0.2, 0.25) is 0 Å². The van der Waals surface area contributed by atoms with Crippen molar-refractivity contribution in [1.82, 2.24) is 14.5 Å². The lowest BCUT2D eigenvalue weighted by atomic mass is 10.1. The van der Waals surface area contributed by atoms with Gasteiger partial charge in [0.1, 0.15) is 11.3 Å². The normalized spacial score (nSPS) is 11.6. The van der Waals surface area contributed by atoms with Crippen LogP contribution < -0.4 is 5.73 Å². The van der Waals surface area contributed by atoms with Crippen molar-refractivity contribution >= 4 is 22.8 Å². The molecule has 5 heteroatoms. The van der Waals surface area contributed by atoms with E-state index in [-0.39, 0.29) is 0 Å². The van der Waals surface area contributed by atoms with Crippen molar-refractivity contribution in [2.45, 2.75) is 26.8 Å². The second-order valence-electron chi connectivity index (χ2n) is 4.56. The van der Waals surface area contributed by atoms with E-state index in [0.29, 0.717) is 17.5 Å².